The number of piperazine rings is 1. The van der Waals surface area contributed by atoms with Gasteiger partial charge in [0.05, 0.1) is 0 Å². The highest BCUT2D eigenvalue weighted by Gasteiger charge is 2.35. The molecule has 1 aromatic rings. The molecule has 0 spiro atoms. The Morgan fingerprint density at radius 2 is 1.70 bits per heavy atom. The van der Waals surface area contributed by atoms with Crippen LogP contribution in [0.3, 0.4) is 0 Å². The standard InChI is InChI=1S/C18H24N2O3/c1-13-3-6-16(11-14(13)2)23-12-17(21)19-7-9-20(10-8-19)18(22)15-4-5-15/h3,6,11,15H,4-5,7-10,12H2,1-2H3. The molecule has 0 atom stereocenters. The van der Waals surface area contributed by atoms with E-state index in [1.807, 2.05) is 36.9 Å². The maximum atomic E-state index is 12.2. The quantitative estimate of drug-likeness (QED) is 0.850. The lowest BCUT2D eigenvalue weighted by atomic mass is 10.1. The van der Waals surface area contributed by atoms with Crippen molar-refractivity contribution in [2.45, 2.75) is 26.7 Å². The van der Waals surface area contributed by atoms with Crippen molar-refractivity contribution in [1.82, 2.24) is 9.80 Å². The predicted octanol–water partition coefficient (Wildman–Crippen LogP) is 1.76. The van der Waals surface area contributed by atoms with Gasteiger partial charge in [-0.05, 0) is 49.9 Å². The zero-order valence-corrected chi connectivity index (χ0v) is 13.9. The number of carbonyl (C=O) groups is 2. The van der Waals surface area contributed by atoms with E-state index in [1.54, 1.807) is 4.90 Å². The lowest BCUT2D eigenvalue weighted by Crippen LogP contribution is -2.52. The van der Waals surface area contributed by atoms with Crippen LogP contribution in [0.15, 0.2) is 18.2 Å². The summed E-state index contributed by atoms with van der Waals surface area (Å²) in [5.41, 5.74) is 2.36. The Bertz CT molecular complexity index is 602. The second-order valence-corrected chi connectivity index (χ2v) is 6.52. The number of hydrogen-bond donors (Lipinski definition) is 0. The monoisotopic (exact) mass is 316 g/mol. The summed E-state index contributed by atoms with van der Waals surface area (Å²) in [4.78, 5) is 27.9. The maximum absolute atomic E-state index is 12.2. The summed E-state index contributed by atoms with van der Waals surface area (Å²) < 4.78 is 5.61. The van der Waals surface area contributed by atoms with Crippen LogP contribution in [0, 0.1) is 19.8 Å². The van der Waals surface area contributed by atoms with Crippen molar-refractivity contribution in [3.05, 3.63) is 29.3 Å². The first-order valence-electron chi connectivity index (χ1n) is 8.31. The molecule has 2 aliphatic rings. The highest BCUT2D eigenvalue weighted by Crippen LogP contribution is 2.31. The average molecular weight is 316 g/mol. The van der Waals surface area contributed by atoms with E-state index in [9.17, 15) is 9.59 Å². The molecule has 5 nitrogen and oxygen atoms in total. The van der Waals surface area contributed by atoms with Crippen LogP contribution in [0.4, 0.5) is 0 Å². The number of amides is 2. The van der Waals surface area contributed by atoms with Crippen molar-refractivity contribution in [3.8, 4) is 5.75 Å². The SMILES string of the molecule is Cc1ccc(OCC(=O)N2CCN(C(=O)C3CC3)CC2)cc1C. The summed E-state index contributed by atoms with van der Waals surface area (Å²) in [6.45, 7) is 6.63. The van der Waals surface area contributed by atoms with Crippen LogP contribution < -0.4 is 4.74 Å². The first-order chi connectivity index (χ1) is 11.0. The molecule has 124 valence electrons. The fourth-order valence-corrected chi connectivity index (χ4v) is 2.80. The third-order valence-corrected chi connectivity index (χ3v) is 4.71. The van der Waals surface area contributed by atoms with Gasteiger partial charge in [-0.2, -0.15) is 0 Å². The molecule has 1 aromatic carbocycles. The van der Waals surface area contributed by atoms with Crippen molar-refractivity contribution in [1.29, 1.82) is 0 Å². The number of carbonyl (C=O) groups excluding carboxylic acids is 2. The molecule has 1 saturated carbocycles. The number of ether oxygens (including phenoxy) is 1. The van der Waals surface area contributed by atoms with E-state index in [0.29, 0.717) is 26.2 Å². The molecule has 1 heterocycles. The maximum Gasteiger partial charge on any atom is 0.260 e. The molecule has 3 rings (SSSR count). The summed E-state index contributed by atoms with van der Waals surface area (Å²) >= 11 is 0. The normalized spacial score (nSPS) is 18.0. The number of aryl methyl sites for hydroxylation is 2. The summed E-state index contributed by atoms with van der Waals surface area (Å²) in [5.74, 6) is 1.24. The Morgan fingerprint density at radius 3 is 2.30 bits per heavy atom. The molecule has 0 radical (unpaired) electrons. The first kappa shape index (κ1) is 15.8. The molecule has 1 aliphatic heterocycles. The minimum absolute atomic E-state index is 0.0123. The minimum atomic E-state index is -0.0123. The van der Waals surface area contributed by atoms with Crippen LogP contribution in [0.25, 0.3) is 0 Å². The topological polar surface area (TPSA) is 49.9 Å². The second-order valence-electron chi connectivity index (χ2n) is 6.52. The molecule has 0 unspecified atom stereocenters. The van der Waals surface area contributed by atoms with Crippen molar-refractivity contribution in [2.75, 3.05) is 32.8 Å². The van der Waals surface area contributed by atoms with Gasteiger partial charge in [-0.25, -0.2) is 0 Å². The van der Waals surface area contributed by atoms with E-state index in [-0.39, 0.29) is 24.3 Å². The zero-order chi connectivity index (χ0) is 16.4. The van der Waals surface area contributed by atoms with Crippen molar-refractivity contribution in [3.63, 3.8) is 0 Å². The third-order valence-electron chi connectivity index (χ3n) is 4.71. The number of nitrogens with zero attached hydrogens (tertiary/aromatic N) is 2. The molecule has 0 bridgehead atoms. The predicted molar refractivity (Wildman–Crippen MR) is 87.3 cm³/mol. The van der Waals surface area contributed by atoms with Gasteiger partial charge in [0, 0.05) is 32.1 Å². The fraction of sp³-hybridized carbons (Fsp3) is 0.556. The Labute approximate surface area is 137 Å². The van der Waals surface area contributed by atoms with E-state index in [4.69, 9.17) is 4.74 Å². The van der Waals surface area contributed by atoms with Gasteiger partial charge >= 0.3 is 0 Å². The lowest BCUT2D eigenvalue weighted by Gasteiger charge is -2.34. The largest absolute Gasteiger partial charge is 0.484 e. The molecule has 0 N–H and O–H groups in total. The first-order valence-corrected chi connectivity index (χ1v) is 8.31. The summed E-state index contributed by atoms with van der Waals surface area (Å²) in [6.07, 6.45) is 2.06. The van der Waals surface area contributed by atoms with E-state index in [1.165, 1.54) is 5.56 Å². The summed E-state index contributed by atoms with van der Waals surface area (Å²) in [6, 6.07) is 5.84. The van der Waals surface area contributed by atoms with E-state index in [2.05, 4.69) is 0 Å². The van der Waals surface area contributed by atoms with Crippen LogP contribution in [0.5, 0.6) is 5.75 Å². The van der Waals surface area contributed by atoms with E-state index >= 15 is 0 Å². The highest BCUT2D eigenvalue weighted by molar-refractivity contribution is 5.82. The van der Waals surface area contributed by atoms with Gasteiger partial charge in [0.25, 0.3) is 5.91 Å². The molecule has 5 heteroatoms. The van der Waals surface area contributed by atoms with Crippen LogP contribution in [-0.4, -0.2) is 54.4 Å². The highest BCUT2D eigenvalue weighted by atomic mass is 16.5. The molecule has 23 heavy (non-hydrogen) atoms. The fourth-order valence-electron chi connectivity index (χ4n) is 2.80. The molecule has 1 saturated heterocycles. The van der Waals surface area contributed by atoms with Gasteiger partial charge < -0.3 is 14.5 Å². The van der Waals surface area contributed by atoms with Crippen LogP contribution in [-0.2, 0) is 9.59 Å². The Balaban J connectivity index is 1.45. The number of hydrogen-bond acceptors (Lipinski definition) is 3. The van der Waals surface area contributed by atoms with Gasteiger partial charge in [0.15, 0.2) is 6.61 Å². The lowest BCUT2D eigenvalue weighted by molar-refractivity contribution is -0.141. The van der Waals surface area contributed by atoms with E-state index in [0.717, 1.165) is 24.2 Å². The smallest absolute Gasteiger partial charge is 0.260 e. The van der Waals surface area contributed by atoms with Crippen molar-refractivity contribution >= 4 is 11.8 Å². The minimum Gasteiger partial charge on any atom is -0.484 e. The van der Waals surface area contributed by atoms with Gasteiger partial charge in [-0.1, -0.05) is 6.07 Å². The van der Waals surface area contributed by atoms with Crippen LogP contribution in [0.1, 0.15) is 24.0 Å². The molecular weight excluding hydrogens is 292 g/mol. The average Bonchev–Trinajstić information content (AvgIpc) is 3.40. The van der Waals surface area contributed by atoms with Crippen LogP contribution in [0.2, 0.25) is 0 Å². The summed E-state index contributed by atoms with van der Waals surface area (Å²) in [5, 5.41) is 0. The molecule has 2 amide bonds. The van der Waals surface area contributed by atoms with Crippen molar-refractivity contribution in [2.24, 2.45) is 5.92 Å². The van der Waals surface area contributed by atoms with E-state index < -0.39 is 0 Å². The Kier molecular flexibility index (Phi) is 4.55. The van der Waals surface area contributed by atoms with Gasteiger partial charge in [0.1, 0.15) is 5.75 Å². The Hall–Kier alpha value is -2.04. The summed E-state index contributed by atoms with van der Waals surface area (Å²) in [7, 11) is 0. The molecule has 1 aliphatic carbocycles. The third kappa shape index (κ3) is 3.84. The van der Waals surface area contributed by atoms with Gasteiger partial charge in [0.2, 0.25) is 5.91 Å². The molecule has 0 aromatic heterocycles. The van der Waals surface area contributed by atoms with Crippen molar-refractivity contribution < 1.29 is 14.3 Å². The molecular formula is C18H24N2O3. The second kappa shape index (κ2) is 6.60. The number of benzene rings is 1. The Morgan fingerprint density at radius 1 is 1.04 bits per heavy atom. The zero-order valence-electron chi connectivity index (χ0n) is 13.9. The van der Waals surface area contributed by atoms with Gasteiger partial charge in [-0.3, -0.25) is 9.59 Å². The van der Waals surface area contributed by atoms with Crippen LogP contribution >= 0.6 is 0 Å². The molecule has 2 fully saturated rings. The number of rotatable bonds is 4. The van der Waals surface area contributed by atoms with Gasteiger partial charge in [-0.15, -0.1) is 0 Å².